The van der Waals surface area contributed by atoms with Gasteiger partial charge in [0.2, 0.25) is 0 Å². The Morgan fingerprint density at radius 3 is 1.71 bits per heavy atom. The molecule has 0 heteroatoms. The van der Waals surface area contributed by atoms with Crippen molar-refractivity contribution in [1.82, 2.24) is 0 Å². The molecule has 1 aliphatic carbocycles. The highest BCUT2D eigenvalue weighted by atomic mass is 14.4. The monoisotopic (exact) mass is 336 g/mol. The van der Waals surface area contributed by atoms with Gasteiger partial charge >= 0.3 is 0 Å². The second-order valence-electron chi connectivity index (χ2n) is 9.76. The van der Waals surface area contributed by atoms with Crippen molar-refractivity contribution in [2.24, 2.45) is 23.2 Å². The highest BCUT2D eigenvalue weighted by Crippen LogP contribution is 2.50. The lowest BCUT2D eigenvalue weighted by Gasteiger charge is -2.46. The third-order valence-corrected chi connectivity index (χ3v) is 6.38. The standard InChI is InChI=1S/C24H48/c1-6-7-8-9-10-11-15-18-24(19-21(2)3,20-22(4)5)23-16-13-12-14-17-23/h21-23H,6-20H2,1-5H3. The van der Waals surface area contributed by atoms with Gasteiger partial charge < -0.3 is 0 Å². The summed E-state index contributed by atoms with van der Waals surface area (Å²) in [4.78, 5) is 0. The molecule has 0 atom stereocenters. The van der Waals surface area contributed by atoms with Crippen LogP contribution >= 0.6 is 0 Å². The van der Waals surface area contributed by atoms with Gasteiger partial charge in [-0.05, 0) is 55.3 Å². The second-order valence-corrected chi connectivity index (χ2v) is 9.76. The zero-order valence-corrected chi connectivity index (χ0v) is 17.8. The summed E-state index contributed by atoms with van der Waals surface area (Å²) >= 11 is 0. The van der Waals surface area contributed by atoms with E-state index in [1.807, 2.05) is 0 Å². The molecule has 0 aliphatic heterocycles. The second kappa shape index (κ2) is 12.4. The molecule has 0 aromatic carbocycles. The summed E-state index contributed by atoms with van der Waals surface area (Å²) in [6.45, 7) is 12.2. The normalized spacial score (nSPS) is 17.1. The van der Waals surface area contributed by atoms with E-state index < -0.39 is 0 Å². The molecule has 0 aromatic rings. The van der Waals surface area contributed by atoms with Crippen LogP contribution in [-0.4, -0.2) is 0 Å². The van der Waals surface area contributed by atoms with E-state index >= 15 is 0 Å². The third-order valence-electron chi connectivity index (χ3n) is 6.38. The highest BCUT2D eigenvalue weighted by molar-refractivity contribution is 4.90. The fourth-order valence-corrected chi connectivity index (χ4v) is 5.60. The van der Waals surface area contributed by atoms with E-state index in [9.17, 15) is 0 Å². The molecule has 0 heterocycles. The molecule has 1 rings (SSSR count). The summed E-state index contributed by atoms with van der Waals surface area (Å²) in [6, 6.07) is 0. The molecule has 0 spiro atoms. The summed E-state index contributed by atoms with van der Waals surface area (Å²) < 4.78 is 0. The Morgan fingerprint density at radius 2 is 1.21 bits per heavy atom. The molecule has 0 saturated heterocycles. The minimum atomic E-state index is 0.659. The Hall–Kier alpha value is 0. The van der Waals surface area contributed by atoms with E-state index in [-0.39, 0.29) is 0 Å². The van der Waals surface area contributed by atoms with Crippen molar-refractivity contribution in [1.29, 1.82) is 0 Å². The first-order chi connectivity index (χ1) is 11.5. The fraction of sp³-hybridized carbons (Fsp3) is 1.00. The quantitative estimate of drug-likeness (QED) is 0.295. The Bertz CT molecular complexity index is 272. The predicted octanol–water partition coefficient (Wildman–Crippen LogP) is 8.79. The van der Waals surface area contributed by atoms with Crippen LogP contribution in [0.25, 0.3) is 0 Å². The number of hydrogen-bond acceptors (Lipinski definition) is 0. The van der Waals surface area contributed by atoms with Gasteiger partial charge in [-0.15, -0.1) is 0 Å². The number of unbranched alkanes of at least 4 members (excludes halogenated alkanes) is 6. The Labute approximate surface area is 154 Å². The SMILES string of the molecule is CCCCCCCCCC(CC(C)C)(CC(C)C)C1CCCCC1. The van der Waals surface area contributed by atoms with Crippen LogP contribution < -0.4 is 0 Å². The first kappa shape index (κ1) is 22.0. The van der Waals surface area contributed by atoms with Gasteiger partial charge in [0.05, 0.1) is 0 Å². The van der Waals surface area contributed by atoms with Crippen LogP contribution in [-0.2, 0) is 0 Å². The van der Waals surface area contributed by atoms with Crippen molar-refractivity contribution in [3.63, 3.8) is 0 Å². The highest BCUT2D eigenvalue weighted by Gasteiger charge is 2.39. The maximum absolute atomic E-state index is 2.46. The maximum atomic E-state index is 2.46. The molecule has 144 valence electrons. The van der Waals surface area contributed by atoms with Crippen molar-refractivity contribution >= 4 is 0 Å². The average molecular weight is 337 g/mol. The van der Waals surface area contributed by atoms with Gasteiger partial charge in [-0.1, -0.05) is 98.8 Å². The van der Waals surface area contributed by atoms with Gasteiger partial charge in [0.1, 0.15) is 0 Å². The van der Waals surface area contributed by atoms with Crippen molar-refractivity contribution in [3.05, 3.63) is 0 Å². The first-order valence-corrected chi connectivity index (χ1v) is 11.5. The van der Waals surface area contributed by atoms with E-state index in [0.717, 1.165) is 17.8 Å². The Balaban J connectivity index is 2.59. The Kier molecular flexibility index (Phi) is 11.4. The van der Waals surface area contributed by atoms with Crippen LogP contribution in [0.2, 0.25) is 0 Å². The van der Waals surface area contributed by atoms with Crippen LogP contribution in [0.3, 0.4) is 0 Å². The van der Waals surface area contributed by atoms with Gasteiger partial charge in [0.25, 0.3) is 0 Å². The molecule has 1 aliphatic rings. The molecule has 0 radical (unpaired) electrons. The number of hydrogen-bond donors (Lipinski definition) is 0. The van der Waals surface area contributed by atoms with Gasteiger partial charge in [0.15, 0.2) is 0 Å². The molecule has 24 heavy (non-hydrogen) atoms. The first-order valence-electron chi connectivity index (χ1n) is 11.5. The molecule has 0 unspecified atom stereocenters. The lowest BCUT2D eigenvalue weighted by Crippen LogP contribution is -2.35. The van der Waals surface area contributed by atoms with E-state index in [0.29, 0.717) is 5.41 Å². The smallest absolute Gasteiger partial charge is 0.0264 e. The topological polar surface area (TPSA) is 0 Å². The molecule has 0 bridgehead atoms. The summed E-state index contributed by atoms with van der Waals surface area (Å²) in [5.41, 5.74) is 0.659. The fourth-order valence-electron chi connectivity index (χ4n) is 5.60. The minimum Gasteiger partial charge on any atom is -0.0654 e. The van der Waals surface area contributed by atoms with Crippen molar-refractivity contribution < 1.29 is 0 Å². The zero-order chi connectivity index (χ0) is 17.8. The molecule has 0 nitrogen and oxygen atoms in total. The molecular formula is C24H48. The molecule has 0 aromatic heterocycles. The van der Waals surface area contributed by atoms with E-state index in [1.54, 1.807) is 0 Å². The van der Waals surface area contributed by atoms with Crippen LogP contribution in [0.15, 0.2) is 0 Å². The van der Waals surface area contributed by atoms with Gasteiger partial charge in [-0.2, -0.15) is 0 Å². The van der Waals surface area contributed by atoms with E-state index in [4.69, 9.17) is 0 Å². The largest absolute Gasteiger partial charge is 0.0654 e. The lowest BCUT2D eigenvalue weighted by atomic mass is 9.60. The van der Waals surface area contributed by atoms with E-state index in [2.05, 4.69) is 34.6 Å². The van der Waals surface area contributed by atoms with Crippen LogP contribution in [0.5, 0.6) is 0 Å². The van der Waals surface area contributed by atoms with Crippen molar-refractivity contribution in [3.8, 4) is 0 Å². The zero-order valence-electron chi connectivity index (χ0n) is 17.8. The van der Waals surface area contributed by atoms with Gasteiger partial charge in [-0.25, -0.2) is 0 Å². The van der Waals surface area contributed by atoms with Gasteiger partial charge in [-0.3, -0.25) is 0 Å². The summed E-state index contributed by atoms with van der Waals surface area (Å²) in [6.07, 6.45) is 22.2. The van der Waals surface area contributed by atoms with Crippen LogP contribution in [0.4, 0.5) is 0 Å². The van der Waals surface area contributed by atoms with Crippen LogP contribution in [0, 0.1) is 23.2 Å². The molecule has 1 fully saturated rings. The maximum Gasteiger partial charge on any atom is -0.0264 e. The lowest BCUT2D eigenvalue weighted by molar-refractivity contribution is 0.0498. The van der Waals surface area contributed by atoms with E-state index in [1.165, 1.54) is 96.3 Å². The predicted molar refractivity (Wildman–Crippen MR) is 111 cm³/mol. The molecule has 0 amide bonds. The minimum absolute atomic E-state index is 0.659. The molecule has 1 saturated carbocycles. The molecular weight excluding hydrogens is 288 g/mol. The molecule has 0 N–H and O–H groups in total. The van der Waals surface area contributed by atoms with Crippen molar-refractivity contribution in [2.75, 3.05) is 0 Å². The average Bonchev–Trinajstić information content (AvgIpc) is 2.53. The third kappa shape index (κ3) is 8.39. The summed E-state index contributed by atoms with van der Waals surface area (Å²) in [5, 5.41) is 0. The van der Waals surface area contributed by atoms with Crippen molar-refractivity contribution in [2.45, 2.75) is 131 Å². The van der Waals surface area contributed by atoms with Gasteiger partial charge in [0, 0.05) is 0 Å². The summed E-state index contributed by atoms with van der Waals surface area (Å²) in [7, 11) is 0. The summed E-state index contributed by atoms with van der Waals surface area (Å²) in [5.74, 6) is 2.74. The van der Waals surface area contributed by atoms with Crippen LogP contribution in [0.1, 0.15) is 131 Å². The Morgan fingerprint density at radius 1 is 0.708 bits per heavy atom. The number of rotatable bonds is 13.